The van der Waals surface area contributed by atoms with Gasteiger partial charge in [-0.05, 0) is 25.1 Å². The molecule has 9 heteroatoms. The second kappa shape index (κ2) is 5.15. The molecule has 0 fully saturated rings. The van der Waals surface area contributed by atoms with Crippen molar-refractivity contribution in [3.05, 3.63) is 60.3 Å². The number of aromatic carboxylic acids is 1. The normalized spacial score (nSPS) is 12.0. The molecule has 3 heterocycles. The SMILES string of the molecule is Cc1ccc(S(=O)(=O)n2ccc3c2ncc2cnc(C(=O)O)n23)cc1. The monoisotopic (exact) mass is 356 g/mol. The third-order valence-corrected chi connectivity index (χ3v) is 5.60. The van der Waals surface area contributed by atoms with Crippen LogP contribution in [-0.2, 0) is 10.0 Å². The molecule has 0 aliphatic heterocycles. The first-order valence-corrected chi connectivity index (χ1v) is 8.72. The fraction of sp³-hybridized carbons (Fsp3) is 0.0625. The highest BCUT2D eigenvalue weighted by Crippen LogP contribution is 2.23. The quantitative estimate of drug-likeness (QED) is 0.601. The summed E-state index contributed by atoms with van der Waals surface area (Å²) in [6.07, 6.45) is 4.13. The third-order valence-electron chi connectivity index (χ3n) is 3.92. The van der Waals surface area contributed by atoms with Gasteiger partial charge in [0.2, 0.25) is 5.82 Å². The van der Waals surface area contributed by atoms with E-state index < -0.39 is 16.0 Å². The summed E-state index contributed by atoms with van der Waals surface area (Å²) in [7, 11) is -3.85. The predicted molar refractivity (Wildman–Crippen MR) is 89.2 cm³/mol. The number of imidazole rings is 1. The second-order valence-corrected chi connectivity index (χ2v) is 7.36. The van der Waals surface area contributed by atoms with Crippen LogP contribution in [0.1, 0.15) is 16.2 Å². The number of nitrogens with zero attached hydrogens (tertiary/aromatic N) is 4. The molecular formula is C16H12N4O4S. The van der Waals surface area contributed by atoms with Gasteiger partial charge in [-0.25, -0.2) is 27.2 Å². The zero-order valence-corrected chi connectivity index (χ0v) is 13.8. The number of carbonyl (C=O) groups is 1. The third kappa shape index (κ3) is 2.20. The van der Waals surface area contributed by atoms with Gasteiger partial charge < -0.3 is 5.11 Å². The Morgan fingerprint density at radius 3 is 2.44 bits per heavy atom. The number of carboxylic acids is 1. The van der Waals surface area contributed by atoms with E-state index in [0.29, 0.717) is 11.0 Å². The van der Waals surface area contributed by atoms with Crippen molar-refractivity contribution in [2.75, 3.05) is 0 Å². The van der Waals surface area contributed by atoms with Gasteiger partial charge in [-0.15, -0.1) is 0 Å². The van der Waals surface area contributed by atoms with E-state index in [1.165, 1.54) is 41.2 Å². The molecule has 0 radical (unpaired) electrons. The summed E-state index contributed by atoms with van der Waals surface area (Å²) in [6.45, 7) is 1.87. The van der Waals surface area contributed by atoms with Crippen LogP contribution in [0.5, 0.6) is 0 Å². The summed E-state index contributed by atoms with van der Waals surface area (Å²) in [5, 5.41) is 9.27. The molecule has 0 aliphatic carbocycles. The lowest BCUT2D eigenvalue weighted by atomic mass is 10.2. The molecule has 0 aliphatic rings. The zero-order chi connectivity index (χ0) is 17.8. The first-order valence-electron chi connectivity index (χ1n) is 7.28. The van der Waals surface area contributed by atoms with Crippen LogP contribution in [0, 0.1) is 6.92 Å². The van der Waals surface area contributed by atoms with Gasteiger partial charge in [0.1, 0.15) is 0 Å². The Balaban J connectivity index is 2.01. The van der Waals surface area contributed by atoms with Gasteiger partial charge in [-0.3, -0.25) is 4.40 Å². The Labute approximate surface area is 142 Å². The maximum absolute atomic E-state index is 12.9. The predicted octanol–water partition coefficient (Wildman–Crippen LogP) is 1.93. The Morgan fingerprint density at radius 2 is 1.76 bits per heavy atom. The number of hydrogen-bond donors (Lipinski definition) is 1. The minimum atomic E-state index is -3.85. The molecule has 0 spiro atoms. The van der Waals surface area contributed by atoms with Crippen LogP contribution in [0.15, 0.2) is 53.8 Å². The van der Waals surface area contributed by atoms with Crippen LogP contribution in [0.25, 0.3) is 16.7 Å². The van der Waals surface area contributed by atoms with Crippen LogP contribution < -0.4 is 0 Å². The number of benzene rings is 1. The van der Waals surface area contributed by atoms with Crippen molar-refractivity contribution in [3.8, 4) is 0 Å². The molecule has 0 saturated heterocycles. The lowest BCUT2D eigenvalue weighted by molar-refractivity contribution is 0.0683. The van der Waals surface area contributed by atoms with Crippen molar-refractivity contribution >= 4 is 32.7 Å². The smallest absolute Gasteiger partial charge is 0.372 e. The number of aryl methyl sites for hydroxylation is 1. The molecule has 0 unspecified atom stereocenters. The zero-order valence-electron chi connectivity index (χ0n) is 13.0. The minimum Gasteiger partial charge on any atom is -0.475 e. The fourth-order valence-corrected chi connectivity index (χ4v) is 4.00. The summed E-state index contributed by atoms with van der Waals surface area (Å²) in [4.78, 5) is 19.5. The van der Waals surface area contributed by atoms with Gasteiger partial charge in [-0.1, -0.05) is 17.7 Å². The highest BCUT2D eigenvalue weighted by atomic mass is 32.2. The van der Waals surface area contributed by atoms with E-state index in [0.717, 1.165) is 9.54 Å². The highest BCUT2D eigenvalue weighted by molar-refractivity contribution is 7.90. The summed E-state index contributed by atoms with van der Waals surface area (Å²) in [6, 6.07) is 7.98. The topological polar surface area (TPSA) is 107 Å². The second-order valence-electron chi connectivity index (χ2n) is 5.54. The van der Waals surface area contributed by atoms with Crippen molar-refractivity contribution in [2.24, 2.45) is 0 Å². The maximum Gasteiger partial charge on any atom is 0.372 e. The lowest BCUT2D eigenvalue weighted by Crippen LogP contribution is -2.13. The maximum atomic E-state index is 12.9. The number of aromatic nitrogens is 4. The number of fused-ring (bicyclic) bond motifs is 3. The largest absolute Gasteiger partial charge is 0.475 e. The Bertz CT molecular complexity index is 1240. The first-order chi connectivity index (χ1) is 11.9. The average molecular weight is 356 g/mol. The molecule has 4 aromatic rings. The van der Waals surface area contributed by atoms with Gasteiger partial charge >= 0.3 is 5.97 Å². The van der Waals surface area contributed by atoms with Crippen LogP contribution in [0.3, 0.4) is 0 Å². The van der Waals surface area contributed by atoms with E-state index in [9.17, 15) is 18.3 Å². The number of rotatable bonds is 3. The van der Waals surface area contributed by atoms with Gasteiger partial charge in [0.05, 0.1) is 28.3 Å². The molecule has 0 amide bonds. The van der Waals surface area contributed by atoms with Crippen LogP contribution in [-0.4, -0.2) is 37.8 Å². The molecule has 8 nitrogen and oxygen atoms in total. The van der Waals surface area contributed by atoms with Crippen LogP contribution >= 0.6 is 0 Å². The van der Waals surface area contributed by atoms with E-state index in [1.807, 2.05) is 6.92 Å². The first kappa shape index (κ1) is 15.3. The fourth-order valence-electron chi connectivity index (χ4n) is 2.70. The van der Waals surface area contributed by atoms with E-state index in [-0.39, 0.29) is 16.4 Å². The van der Waals surface area contributed by atoms with E-state index in [1.54, 1.807) is 12.1 Å². The molecule has 0 atom stereocenters. The van der Waals surface area contributed by atoms with Crippen molar-refractivity contribution in [2.45, 2.75) is 11.8 Å². The van der Waals surface area contributed by atoms with Gasteiger partial charge in [0.15, 0.2) is 5.65 Å². The average Bonchev–Trinajstić information content (AvgIpc) is 3.19. The van der Waals surface area contributed by atoms with Crippen molar-refractivity contribution in [3.63, 3.8) is 0 Å². The lowest BCUT2D eigenvalue weighted by Gasteiger charge is -2.07. The molecule has 3 aromatic heterocycles. The van der Waals surface area contributed by atoms with Crippen LogP contribution in [0.2, 0.25) is 0 Å². The van der Waals surface area contributed by atoms with Crippen molar-refractivity contribution < 1.29 is 18.3 Å². The molecule has 0 bridgehead atoms. The summed E-state index contributed by atoms with van der Waals surface area (Å²) >= 11 is 0. The van der Waals surface area contributed by atoms with Gasteiger partial charge in [0.25, 0.3) is 10.0 Å². The molecule has 1 N–H and O–H groups in total. The Kier molecular flexibility index (Phi) is 3.16. The van der Waals surface area contributed by atoms with Crippen molar-refractivity contribution in [1.29, 1.82) is 0 Å². The molecule has 0 saturated carbocycles. The molecule has 25 heavy (non-hydrogen) atoms. The van der Waals surface area contributed by atoms with Crippen molar-refractivity contribution in [1.82, 2.24) is 18.3 Å². The minimum absolute atomic E-state index is 0.126. The molecule has 4 rings (SSSR count). The van der Waals surface area contributed by atoms with E-state index in [2.05, 4.69) is 9.97 Å². The number of hydrogen-bond acceptors (Lipinski definition) is 5. The van der Waals surface area contributed by atoms with E-state index >= 15 is 0 Å². The summed E-state index contributed by atoms with van der Waals surface area (Å²) < 4.78 is 28.2. The molecule has 126 valence electrons. The number of carboxylic acid groups (broad SMARTS) is 1. The van der Waals surface area contributed by atoms with Gasteiger partial charge in [0, 0.05) is 6.20 Å². The summed E-state index contributed by atoms with van der Waals surface area (Å²) in [5.41, 5.74) is 1.90. The Hall–Kier alpha value is -3.20. The molecule has 1 aromatic carbocycles. The van der Waals surface area contributed by atoms with E-state index in [4.69, 9.17) is 0 Å². The summed E-state index contributed by atoms with van der Waals surface area (Å²) in [5.74, 6) is -1.41. The Morgan fingerprint density at radius 1 is 1.08 bits per heavy atom. The van der Waals surface area contributed by atoms with Crippen LogP contribution in [0.4, 0.5) is 0 Å². The molecular weight excluding hydrogens is 344 g/mol. The van der Waals surface area contributed by atoms with Gasteiger partial charge in [-0.2, -0.15) is 0 Å². The standard InChI is InChI=1S/C16H12N4O4S/c1-10-2-4-12(5-3-10)25(23,24)19-7-6-13-14(19)17-8-11-9-18-15(16(21)22)20(11)13/h2-9H,1H3,(H,21,22). The highest BCUT2D eigenvalue weighted by Gasteiger charge is 2.22.